The van der Waals surface area contributed by atoms with E-state index in [0.29, 0.717) is 17.0 Å². The molecule has 3 aromatic heterocycles. The lowest BCUT2D eigenvalue weighted by Crippen LogP contribution is -2.21. The Balaban J connectivity index is 2.17. The standard InChI is InChI=1S/C15H15N5O/c1-10-12-8-11(15(21)19(2)3)9-17-14(12)20(18-10)13-6-4-5-7-16-13/h4-9H,1-3H3. The molecule has 0 aliphatic heterocycles. The zero-order valence-electron chi connectivity index (χ0n) is 12.1. The van der Waals surface area contributed by atoms with Gasteiger partial charge in [-0.05, 0) is 25.1 Å². The number of rotatable bonds is 2. The van der Waals surface area contributed by atoms with Gasteiger partial charge in [0, 0.05) is 31.9 Å². The van der Waals surface area contributed by atoms with Gasteiger partial charge in [-0.3, -0.25) is 4.79 Å². The van der Waals surface area contributed by atoms with E-state index >= 15 is 0 Å². The van der Waals surface area contributed by atoms with Crippen molar-refractivity contribution in [3.05, 3.63) is 47.9 Å². The third kappa shape index (κ3) is 2.24. The normalized spacial score (nSPS) is 10.8. The van der Waals surface area contributed by atoms with Crippen LogP contribution in [0, 0.1) is 6.92 Å². The van der Waals surface area contributed by atoms with Gasteiger partial charge in [0.2, 0.25) is 0 Å². The quantitative estimate of drug-likeness (QED) is 0.719. The molecule has 0 radical (unpaired) electrons. The Hall–Kier alpha value is -2.76. The van der Waals surface area contributed by atoms with Crippen molar-refractivity contribution in [3.8, 4) is 5.82 Å². The summed E-state index contributed by atoms with van der Waals surface area (Å²) in [5.41, 5.74) is 2.06. The summed E-state index contributed by atoms with van der Waals surface area (Å²) in [6, 6.07) is 7.44. The van der Waals surface area contributed by atoms with E-state index in [1.54, 1.807) is 31.2 Å². The van der Waals surface area contributed by atoms with Crippen LogP contribution in [0.1, 0.15) is 16.1 Å². The fourth-order valence-corrected chi connectivity index (χ4v) is 2.16. The van der Waals surface area contributed by atoms with Gasteiger partial charge in [-0.2, -0.15) is 9.78 Å². The van der Waals surface area contributed by atoms with Crippen LogP contribution in [-0.4, -0.2) is 44.7 Å². The van der Waals surface area contributed by atoms with Crippen LogP contribution in [0.25, 0.3) is 16.9 Å². The molecule has 21 heavy (non-hydrogen) atoms. The van der Waals surface area contributed by atoms with Gasteiger partial charge in [0.15, 0.2) is 11.5 Å². The highest BCUT2D eigenvalue weighted by Crippen LogP contribution is 2.20. The van der Waals surface area contributed by atoms with Crippen molar-refractivity contribution in [2.75, 3.05) is 14.1 Å². The van der Waals surface area contributed by atoms with Crippen molar-refractivity contribution in [1.29, 1.82) is 0 Å². The van der Waals surface area contributed by atoms with Gasteiger partial charge < -0.3 is 4.90 Å². The molecule has 0 aromatic carbocycles. The maximum atomic E-state index is 12.0. The average Bonchev–Trinajstić information content (AvgIpc) is 2.84. The summed E-state index contributed by atoms with van der Waals surface area (Å²) >= 11 is 0. The van der Waals surface area contributed by atoms with Gasteiger partial charge in [-0.1, -0.05) is 6.07 Å². The maximum Gasteiger partial charge on any atom is 0.254 e. The Morgan fingerprint density at radius 2 is 2.05 bits per heavy atom. The van der Waals surface area contributed by atoms with E-state index in [0.717, 1.165) is 11.1 Å². The number of hydrogen-bond donors (Lipinski definition) is 0. The fourth-order valence-electron chi connectivity index (χ4n) is 2.16. The molecule has 0 saturated heterocycles. The van der Waals surface area contributed by atoms with Crippen LogP contribution in [0.4, 0.5) is 0 Å². The molecule has 0 atom stereocenters. The minimum atomic E-state index is -0.0746. The van der Waals surface area contributed by atoms with E-state index in [1.165, 1.54) is 4.90 Å². The van der Waals surface area contributed by atoms with E-state index < -0.39 is 0 Å². The summed E-state index contributed by atoms with van der Waals surface area (Å²) in [6.45, 7) is 1.90. The van der Waals surface area contributed by atoms with E-state index in [2.05, 4.69) is 15.1 Å². The maximum absolute atomic E-state index is 12.0. The van der Waals surface area contributed by atoms with Gasteiger partial charge in [0.05, 0.1) is 11.3 Å². The monoisotopic (exact) mass is 281 g/mol. The number of carbonyl (C=O) groups excluding carboxylic acids is 1. The summed E-state index contributed by atoms with van der Waals surface area (Å²) in [5.74, 6) is 0.629. The molecule has 0 aliphatic rings. The fraction of sp³-hybridized carbons (Fsp3) is 0.200. The Bertz CT molecular complexity index is 808. The Labute approximate surface area is 122 Å². The SMILES string of the molecule is Cc1nn(-c2ccccn2)c2ncc(C(=O)N(C)C)cc12. The van der Waals surface area contributed by atoms with Crippen LogP contribution in [-0.2, 0) is 0 Å². The summed E-state index contributed by atoms with van der Waals surface area (Å²) < 4.78 is 1.69. The molecule has 0 N–H and O–H groups in total. The number of amides is 1. The smallest absolute Gasteiger partial charge is 0.254 e. The minimum Gasteiger partial charge on any atom is -0.345 e. The number of pyridine rings is 2. The number of carbonyl (C=O) groups is 1. The van der Waals surface area contributed by atoms with Crippen molar-refractivity contribution in [2.24, 2.45) is 0 Å². The number of aryl methyl sites for hydroxylation is 1. The predicted octanol–water partition coefficient (Wildman–Crippen LogP) is 1.83. The predicted molar refractivity (Wildman–Crippen MR) is 79.4 cm³/mol. The molecule has 3 aromatic rings. The van der Waals surface area contributed by atoms with Crippen molar-refractivity contribution < 1.29 is 4.79 Å². The van der Waals surface area contributed by atoms with Gasteiger partial charge in [0.1, 0.15) is 0 Å². The van der Waals surface area contributed by atoms with Crippen molar-refractivity contribution in [1.82, 2.24) is 24.6 Å². The Morgan fingerprint density at radius 1 is 1.24 bits per heavy atom. The molecule has 106 valence electrons. The van der Waals surface area contributed by atoms with E-state index in [1.807, 2.05) is 31.2 Å². The first-order valence-corrected chi connectivity index (χ1v) is 6.56. The third-order valence-electron chi connectivity index (χ3n) is 3.23. The topological polar surface area (TPSA) is 63.9 Å². The van der Waals surface area contributed by atoms with E-state index in [4.69, 9.17) is 0 Å². The first kappa shape index (κ1) is 13.2. The van der Waals surface area contributed by atoms with Crippen LogP contribution < -0.4 is 0 Å². The molecule has 0 unspecified atom stereocenters. The summed E-state index contributed by atoms with van der Waals surface area (Å²) in [5, 5.41) is 5.33. The lowest BCUT2D eigenvalue weighted by atomic mass is 10.2. The first-order chi connectivity index (χ1) is 10.1. The van der Waals surface area contributed by atoms with Gasteiger partial charge >= 0.3 is 0 Å². The van der Waals surface area contributed by atoms with Gasteiger partial charge in [-0.15, -0.1) is 0 Å². The lowest BCUT2D eigenvalue weighted by Gasteiger charge is -2.09. The molecule has 0 fully saturated rings. The van der Waals surface area contributed by atoms with Gasteiger partial charge in [-0.25, -0.2) is 9.97 Å². The second-order valence-electron chi connectivity index (χ2n) is 4.98. The number of aromatic nitrogens is 4. The van der Waals surface area contributed by atoms with Crippen LogP contribution in [0.15, 0.2) is 36.7 Å². The second kappa shape index (κ2) is 4.97. The molecule has 0 spiro atoms. The second-order valence-corrected chi connectivity index (χ2v) is 4.98. The lowest BCUT2D eigenvalue weighted by molar-refractivity contribution is 0.0827. The van der Waals surface area contributed by atoms with Crippen LogP contribution in [0.5, 0.6) is 0 Å². The molecule has 1 amide bonds. The summed E-state index contributed by atoms with van der Waals surface area (Å²) in [4.78, 5) is 22.2. The van der Waals surface area contributed by atoms with E-state index in [-0.39, 0.29) is 5.91 Å². The number of hydrogen-bond acceptors (Lipinski definition) is 4. The molecular formula is C15H15N5O. The van der Waals surface area contributed by atoms with Crippen LogP contribution >= 0.6 is 0 Å². The number of nitrogens with zero attached hydrogens (tertiary/aromatic N) is 5. The Morgan fingerprint density at radius 3 is 2.71 bits per heavy atom. The third-order valence-corrected chi connectivity index (χ3v) is 3.23. The van der Waals surface area contributed by atoms with Crippen LogP contribution in [0.2, 0.25) is 0 Å². The van der Waals surface area contributed by atoms with E-state index in [9.17, 15) is 4.79 Å². The zero-order valence-corrected chi connectivity index (χ0v) is 12.1. The van der Waals surface area contributed by atoms with Crippen molar-refractivity contribution in [2.45, 2.75) is 6.92 Å². The molecule has 0 aliphatic carbocycles. The molecular weight excluding hydrogens is 266 g/mol. The van der Waals surface area contributed by atoms with Crippen LogP contribution in [0.3, 0.4) is 0 Å². The first-order valence-electron chi connectivity index (χ1n) is 6.56. The highest BCUT2D eigenvalue weighted by atomic mass is 16.2. The zero-order chi connectivity index (χ0) is 15.0. The highest BCUT2D eigenvalue weighted by Gasteiger charge is 2.15. The highest BCUT2D eigenvalue weighted by molar-refractivity contribution is 5.97. The molecule has 0 bridgehead atoms. The van der Waals surface area contributed by atoms with Crippen molar-refractivity contribution in [3.63, 3.8) is 0 Å². The minimum absolute atomic E-state index is 0.0746. The summed E-state index contributed by atoms with van der Waals surface area (Å²) in [6.07, 6.45) is 3.29. The molecule has 0 saturated carbocycles. The molecule has 6 nitrogen and oxygen atoms in total. The molecule has 3 heterocycles. The Kier molecular flexibility index (Phi) is 3.13. The van der Waals surface area contributed by atoms with Gasteiger partial charge in [0.25, 0.3) is 5.91 Å². The number of fused-ring (bicyclic) bond motifs is 1. The largest absolute Gasteiger partial charge is 0.345 e. The molecule has 3 rings (SSSR count). The average molecular weight is 281 g/mol. The summed E-state index contributed by atoms with van der Waals surface area (Å²) in [7, 11) is 3.44. The molecule has 6 heteroatoms. The van der Waals surface area contributed by atoms with Crippen molar-refractivity contribution >= 4 is 16.9 Å².